The summed E-state index contributed by atoms with van der Waals surface area (Å²) >= 11 is 0. The molecule has 3 nitrogen and oxygen atoms in total. The van der Waals surface area contributed by atoms with E-state index in [2.05, 4.69) is 11.2 Å². The Balaban J connectivity index is 3.21. The third kappa shape index (κ3) is 9.35. The third-order valence-corrected chi connectivity index (χ3v) is 1.45. The van der Waals surface area contributed by atoms with Gasteiger partial charge in [-0.15, -0.1) is 12.3 Å². The molecule has 0 aromatic heterocycles. The van der Waals surface area contributed by atoms with Crippen LogP contribution in [0.1, 0.15) is 20.3 Å². The first-order chi connectivity index (χ1) is 6.16. The fourth-order valence-electron chi connectivity index (χ4n) is 0.792. The standard InChI is InChI=1S/C10H19NO2/c1-4-5-6-11-7-10(12)8-13-9(2)3/h1,9-12H,5-8H2,2-3H3. The lowest BCUT2D eigenvalue weighted by atomic mass is 10.3. The molecular weight excluding hydrogens is 166 g/mol. The van der Waals surface area contributed by atoms with Crippen LogP contribution in [0.25, 0.3) is 0 Å². The van der Waals surface area contributed by atoms with Crippen LogP contribution in [0.4, 0.5) is 0 Å². The van der Waals surface area contributed by atoms with Crippen LogP contribution in [0.15, 0.2) is 0 Å². The van der Waals surface area contributed by atoms with E-state index in [0.717, 1.165) is 6.54 Å². The van der Waals surface area contributed by atoms with Crippen LogP contribution in [0.3, 0.4) is 0 Å². The molecule has 0 saturated carbocycles. The molecule has 0 fully saturated rings. The van der Waals surface area contributed by atoms with Gasteiger partial charge in [-0.1, -0.05) is 0 Å². The van der Waals surface area contributed by atoms with Gasteiger partial charge >= 0.3 is 0 Å². The van der Waals surface area contributed by atoms with Crippen LogP contribution >= 0.6 is 0 Å². The van der Waals surface area contributed by atoms with E-state index in [1.54, 1.807) is 0 Å². The highest BCUT2D eigenvalue weighted by Crippen LogP contribution is 1.90. The van der Waals surface area contributed by atoms with Crippen LogP contribution in [-0.4, -0.2) is 37.0 Å². The van der Waals surface area contributed by atoms with E-state index in [0.29, 0.717) is 19.6 Å². The zero-order valence-electron chi connectivity index (χ0n) is 8.42. The average molecular weight is 185 g/mol. The zero-order chi connectivity index (χ0) is 10.1. The molecule has 0 amide bonds. The van der Waals surface area contributed by atoms with Gasteiger partial charge in [0, 0.05) is 19.5 Å². The number of ether oxygens (including phenoxy) is 1. The first-order valence-electron chi connectivity index (χ1n) is 4.60. The Kier molecular flexibility index (Phi) is 7.71. The second-order valence-corrected chi connectivity index (χ2v) is 3.19. The first kappa shape index (κ1) is 12.4. The van der Waals surface area contributed by atoms with Gasteiger partial charge in [0.25, 0.3) is 0 Å². The van der Waals surface area contributed by atoms with Gasteiger partial charge in [-0.05, 0) is 13.8 Å². The van der Waals surface area contributed by atoms with E-state index < -0.39 is 6.10 Å². The number of terminal acetylenes is 1. The van der Waals surface area contributed by atoms with E-state index in [4.69, 9.17) is 11.2 Å². The summed E-state index contributed by atoms with van der Waals surface area (Å²) in [6.07, 6.45) is 5.48. The Labute approximate surface area is 80.5 Å². The van der Waals surface area contributed by atoms with Crippen LogP contribution in [0.2, 0.25) is 0 Å². The maximum Gasteiger partial charge on any atom is 0.0897 e. The molecule has 0 spiro atoms. The van der Waals surface area contributed by atoms with Crippen LogP contribution < -0.4 is 5.32 Å². The molecule has 0 heterocycles. The molecular formula is C10H19NO2. The molecule has 1 unspecified atom stereocenters. The number of rotatable bonds is 7. The third-order valence-electron chi connectivity index (χ3n) is 1.45. The smallest absolute Gasteiger partial charge is 0.0897 e. The summed E-state index contributed by atoms with van der Waals surface area (Å²) in [6, 6.07) is 0. The number of hydrogen-bond donors (Lipinski definition) is 2. The molecule has 0 aromatic carbocycles. The molecule has 0 bridgehead atoms. The Hall–Kier alpha value is -0.560. The van der Waals surface area contributed by atoms with E-state index >= 15 is 0 Å². The molecule has 0 rings (SSSR count). The summed E-state index contributed by atoms with van der Waals surface area (Å²) in [6.45, 7) is 5.54. The predicted octanol–water partition coefficient (Wildman–Crippen LogP) is 0.385. The molecule has 0 aliphatic carbocycles. The summed E-state index contributed by atoms with van der Waals surface area (Å²) in [7, 11) is 0. The van der Waals surface area contributed by atoms with Gasteiger partial charge < -0.3 is 15.2 Å². The average Bonchev–Trinajstić information content (AvgIpc) is 2.09. The van der Waals surface area contributed by atoms with Crippen molar-refractivity contribution in [3.05, 3.63) is 0 Å². The van der Waals surface area contributed by atoms with Gasteiger partial charge in [-0.2, -0.15) is 0 Å². The lowest BCUT2D eigenvalue weighted by Crippen LogP contribution is -2.31. The molecule has 0 aliphatic rings. The highest BCUT2D eigenvalue weighted by atomic mass is 16.5. The predicted molar refractivity (Wildman–Crippen MR) is 53.4 cm³/mol. The molecule has 1 atom stereocenters. The highest BCUT2D eigenvalue weighted by molar-refractivity contribution is 4.84. The van der Waals surface area contributed by atoms with E-state index in [-0.39, 0.29) is 6.10 Å². The molecule has 2 N–H and O–H groups in total. The fraction of sp³-hybridized carbons (Fsp3) is 0.800. The zero-order valence-corrected chi connectivity index (χ0v) is 8.42. The van der Waals surface area contributed by atoms with Crippen molar-refractivity contribution in [2.45, 2.75) is 32.5 Å². The minimum atomic E-state index is -0.444. The van der Waals surface area contributed by atoms with Crippen molar-refractivity contribution in [1.29, 1.82) is 0 Å². The van der Waals surface area contributed by atoms with Gasteiger partial charge in [-0.3, -0.25) is 0 Å². The minimum Gasteiger partial charge on any atom is -0.389 e. The quantitative estimate of drug-likeness (QED) is 0.445. The van der Waals surface area contributed by atoms with Crippen molar-refractivity contribution >= 4 is 0 Å². The Morgan fingerprint density at radius 2 is 2.23 bits per heavy atom. The lowest BCUT2D eigenvalue weighted by Gasteiger charge is -2.13. The van der Waals surface area contributed by atoms with Crippen molar-refractivity contribution in [2.75, 3.05) is 19.7 Å². The fourth-order valence-corrected chi connectivity index (χ4v) is 0.792. The summed E-state index contributed by atoms with van der Waals surface area (Å²) in [4.78, 5) is 0. The van der Waals surface area contributed by atoms with E-state index in [9.17, 15) is 5.11 Å². The van der Waals surface area contributed by atoms with Gasteiger partial charge in [0.15, 0.2) is 0 Å². The molecule has 0 radical (unpaired) electrons. The Morgan fingerprint density at radius 3 is 2.77 bits per heavy atom. The first-order valence-corrected chi connectivity index (χ1v) is 4.60. The number of aliphatic hydroxyl groups is 1. The van der Waals surface area contributed by atoms with Gasteiger partial charge in [-0.25, -0.2) is 0 Å². The highest BCUT2D eigenvalue weighted by Gasteiger charge is 2.04. The van der Waals surface area contributed by atoms with Crippen LogP contribution in [0.5, 0.6) is 0 Å². The summed E-state index contributed by atoms with van der Waals surface area (Å²) in [5.74, 6) is 2.52. The van der Waals surface area contributed by atoms with Crippen molar-refractivity contribution in [3.8, 4) is 12.3 Å². The lowest BCUT2D eigenvalue weighted by molar-refractivity contribution is 0.00654. The van der Waals surface area contributed by atoms with Crippen LogP contribution in [0, 0.1) is 12.3 Å². The minimum absolute atomic E-state index is 0.167. The van der Waals surface area contributed by atoms with E-state index in [1.807, 2.05) is 13.8 Å². The molecule has 0 aliphatic heterocycles. The summed E-state index contributed by atoms with van der Waals surface area (Å²) < 4.78 is 5.23. The maximum absolute atomic E-state index is 9.36. The monoisotopic (exact) mass is 185 g/mol. The van der Waals surface area contributed by atoms with Gasteiger partial charge in [0.2, 0.25) is 0 Å². The number of aliphatic hydroxyl groups excluding tert-OH is 1. The topological polar surface area (TPSA) is 41.5 Å². The number of nitrogens with one attached hydrogen (secondary N) is 1. The maximum atomic E-state index is 9.36. The SMILES string of the molecule is C#CCCNCC(O)COC(C)C. The van der Waals surface area contributed by atoms with Crippen molar-refractivity contribution < 1.29 is 9.84 Å². The molecule has 0 saturated heterocycles. The molecule has 0 aromatic rings. The van der Waals surface area contributed by atoms with Crippen molar-refractivity contribution in [2.24, 2.45) is 0 Å². The normalized spacial score (nSPS) is 12.8. The van der Waals surface area contributed by atoms with Gasteiger partial charge in [0.05, 0.1) is 18.8 Å². The summed E-state index contributed by atoms with van der Waals surface area (Å²) in [5, 5.41) is 12.4. The largest absolute Gasteiger partial charge is 0.389 e. The Bertz CT molecular complexity index is 151. The molecule has 3 heteroatoms. The Morgan fingerprint density at radius 1 is 1.54 bits per heavy atom. The van der Waals surface area contributed by atoms with E-state index in [1.165, 1.54) is 0 Å². The second kappa shape index (κ2) is 8.06. The van der Waals surface area contributed by atoms with Crippen molar-refractivity contribution in [3.63, 3.8) is 0 Å². The summed E-state index contributed by atoms with van der Waals surface area (Å²) in [5.41, 5.74) is 0. The van der Waals surface area contributed by atoms with Crippen LogP contribution in [-0.2, 0) is 4.74 Å². The van der Waals surface area contributed by atoms with Crippen molar-refractivity contribution in [1.82, 2.24) is 5.32 Å². The molecule has 76 valence electrons. The number of hydrogen-bond acceptors (Lipinski definition) is 3. The second-order valence-electron chi connectivity index (χ2n) is 3.19. The van der Waals surface area contributed by atoms with Gasteiger partial charge in [0.1, 0.15) is 0 Å². The molecule has 13 heavy (non-hydrogen) atoms.